The van der Waals surface area contributed by atoms with Gasteiger partial charge in [0.1, 0.15) is 6.04 Å². The van der Waals surface area contributed by atoms with Crippen molar-refractivity contribution in [3.8, 4) is 0 Å². The number of anilines is 1. The number of carbonyl (C=O) groups excluding carboxylic acids is 4. The van der Waals surface area contributed by atoms with Gasteiger partial charge < -0.3 is 40.7 Å². The van der Waals surface area contributed by atoms with E-state index in [2.05, 4.69) is 10.6 Å². The Hall–Kier alpha value is -4.04. The molecule has 59 heavy (non-hydrogen) atoms. The summed E-state index contributed by atoms with van der Waals surface area (Å²) in [5.74, 6) is -1.83. The smallest absolute Gasteiger partial charge is 0.245 e. The topological polar surface area (TPSA) is 167 Å². The van der Waals surface area contributed by atoms with Crippen LogP contribution in [0, 0.1) is 23.7 Å². The summed E-state index contributed by atoms with van der Waals surface area (Å²) in [6.07, 6.45) is 0.0286. The van der Waals surface area contributed by atoms with Crippen molar-refractivity contribution in [2.45, 2.75) is 136 Å². The Morgan fingerprint density at radius 1 is 0.898 bits per heavy atom. The minimum atomic E-state index is -0.885. The maximum absolute atomic E-state index is 14.5. The Kier molecular flexibility index (Phi) is 19.3. The SMILES string of the molecule is CC[C@H](C)C([C@@H](CC(=O)N1CCC[C@H]1[C@H](OC)[C@@H](C)C(=O)N[C@H](C)[C@@H](O)c1ccccc1)OC)N(C)C(=O)[C@@H](NC(=O)C(C(C)C)N(C)Cc1cccc(N)c1)C(C)C. The molecule has 0 aliphatic carbocycles. The Balaban J connectivity index is 1.77. The summed E-state index contributed by atoms with van der Waals surface area (Å²) in [5, 5.41) is 16.9. The second-order valence-electron chi connectivity index (χ2n) is 17.3. The lowest BCUT2D eigenvalue weighted by atomic mass is 9.89. The molecular formula is C46H74N6O7. The Labute approximate surface area is 353 Å². The van der Waals surface area contributed by atoms with Crippen molar-refractivity contribution in [2.24, 2.45) is 23.7 Å². The second-order valence-corrected chi connectivity index (χ2v) is 17.3. The van der Waals surface area contributed by atoms with Gasteiger partial charge in [-0.05, 0) is 67.8 Å². The fraction of sp³-hybridized carbons (Fsp3) is 0.652. The number of nitrogens with two attached hydrogens (primary N) is 1. The summed E-state index contributed by atoms with van der Waals surface area (Å²) in [6, 6.07) is 14.1. The highest BCUT2D eigenvalue weighted by Gasteiger charge is 2.43. The maximum Gasteiger partial charge on any atom is 0.245 e. The van der Waals surface area contributed by atoms with E-state index in [0.29, 0.717) is 30.8 Å². The van der Waals surface area contributed by atoms with E-state index >= 15 is 0 Å². The minimum Gasteiger partial charge on any atom is -0.399 e. The number of likely N-dealkylation sites (tertiary alicyclic amines) is 1. The van der Waals surface area contributed by atoms with Crippen LogP contribution in [0.3, 0.4) is 0 Å². The molecule has 1 saturated heterocycles. The Morgan fingerprint density at radius 2 is 1.56 bits per heavy atom. The fourth-order valence-electron chi connectivity index (χ4n) is 8.74. The molecule has 330 valence electrons. The first-order valence-electron chi connectivity index (χ1n) is 21.4. The number of aliphatic hydroxyl groups excluding tert-OH is 1. The normalized spacial score (nSPS) is 19.1. The molecule has 0 saturated carbocycles. The van der Waals surface area contributed by atoms with Crippen LogP contribution in [0.2, 0.25) is 0 Å². The minimum absolute atomic E-state index is 0.0138. The van der Waals surface area contributed by atoms with Gasteiger partial charge in [0.05, 0.1) is 54.8 Å². The number of rotatable bonds is 22. The number of likely N-dealkylation sites (N-methyl/N-ethyl adjacent to an activating group) is 2. The molecule has 5 N–H and O–H groups in total. The summed E-state index contributed by atoms with van der Waals surface area (Å²) in [6.45, 7) is 16.5. The first-order chi connectivity index (χ1) is 27.9. The number of nitrogen functional groups attached to an aromatic ring is 1. The highest BCUT2D eigenvalue weighted by molar-refractivity contribution is 5.90. The van der Waals surface area contributed by atoms with Gasteiger partial charge in [0.15, 0.2) is 0 Å². The number of aliphatic hydroxyl groups is 1. The van der Waals surface area contributed by atoms with Crippen molar-refractivity contribution in [1.82, 2.24) is 25.3 Å². The van der Waals surface area contributed by atoms with E-state index in [4.69, 9.17) is 15.2 Å². The van der Waals surface area contributed by atoms with E-state index in [1.54, 1.807) is 44.9 Å². The van der Waals surface area contributed by atoms with E-state index in [9.17, 15) is 24.3 Å². The third kappa shape index (κ3) is 13.0. The molecule has 1 heterocycles. The van der Waals surface area contributed by atoms with E-state index in [0.717, 1.165) is 18.4 Å². The molecule has 1 aliphatic rings. The molecule has 0 radical (unpaired) electrons. The maximum atomic E-state index is 14.5. The van der Waals surface area contributed by atoms with E-state index in [1.807, 2.05) is 108 Å². The van der Waals surface area contributed by atoms with E-state index in [-0.39, 0.29) is 53.8 Å². The number of carbonyl (C=O) groups is 4. The summed E-state index contributed by atoms with van der Waals surface area (Å²) >= 11 is 0. The fourth-order valence-corrected chi connectivity index (χ4v) is 8.74. The predicted molar refractivity (Wildman–Crippen MR) is 233 cm³/mol. The number of methoxy groups -OCH3 is 2. The molecule has 2 aromatic rings. The van der Waals surface area contributed by atoms with Gasteiger partial charge in [0, 0.05) is 40.0 Å². The molecule has 2 unspecified atom stereocenters. The average molecular weight is 823 g/mol. The lowest BCUT2D eigenvalue weighted by Crippen LogP contribution is -2.60. The largest absolute Gasteiger partial charge is 0.399 e. The van der Waals surface area contributed by atoms with Gasteiger partial charge in [-0.25, -0.2) is 0 Å². The first-order valence-corrected chi connectivity index (χ1v) is 21.4. The first kappa shape index (κ1) is 49.3. The third-order valence-electron chi connectivity index (χ3n) is 12.2. The van der Waals surface area contributed by atoms with Crippen molar-refractivity contribution < 1.29 is 33.8 Å². The molecule has 3 rings (SSSR count). The average Bonchev–Trinajstić information content (AvgIpc) is 3.68. The van der Waals surface area contributed by atoms with Crippen molar-refractivity contribution in [1.29, 1.82) is 0 Å². The van der Waals surface area contributed by atoms with Crippen LogP contribution < -0.4 is 16.4 Å². The van der Waals surface area contributed by atoms with Crippen LogP contribution in [0.15, 0.2) is 54.6 Å². The predicted octanol–water partition coefficient (Wildman–Crippen LogP) is 5.02. The number of nitrogens with zero attached hydrogens (tertiary/aromatic N) is 3. The zero-order valence-electron chi connectivity index (χ0n) is 37.7. The van der Waals surface area contributed by atoms with Crippen LogP contribution in [-0.4, -0.2) is 121 Å². The monoisotopic (exact) mass is 823 g/mol. The summed E-state index contributed by atoms with van der Waals surface area (Å²) in [5.41, 5.74) is 8.37. The molecule has 10 atom stereocenters. The van der Waals surface area contributed by atoms with E-state index < -0.39 is 48.4 Å². The van der Waals surface area contributed by atoms with Crippen LogP contribution in [0.25, 0.3) is 0 Å². The molecule has 0 aromatic heterocycles. The zero-order chi connectivity index (χ0) is 44.1. The summed E-state index contributed by atoms with van der Waals surface area (Å²) in [7, 11) is 6.76. The number of benzene rings is 2. The van der Waals surface area contributed by atoms with E-state index in [1.165, 1.54) is 0 Å². The third-order valence-corrected chi connectivity index (χ3v) is 12.2. The molecule has 0 spiro atoms. The highest BCUT2D eigenvalue weighted by Crippen LogP contribution is 2.30. The molecule has 1 fully saturated rings. The van der Waals surface area contributed by atoms with Gasteiger partial charge in [-0.2, -0.15) is 0 Å². The number of hydrogen-bond donors (Lipinski definition) is 4. The summed E-state index contributed by atoms with van der Waals surface area (Å²) < 4.78 is 12.0. The number of nitrogens with one attached hydrogen (secondary N) is 2. The van der Waals surface area contributed by atoms with Gasteiger partial charge >= 0.3 is 0 Å². The van der Waals surface area contributed by atoms with Crippen molar-refractivity contribution in [2.75, 3.05) is 40.6 Å². The molecule has 1 aliphatic heterocycles. The van der Waals surface area contributed by atoms with Crippen molar-refractivity contribution >= 4 is 29.3 Å². The molecule has 4 amide bonds. The highest BCUT2D eigenvalue weighted by atomic mass is 16.5. The molecule has 2 aromatic carbocycles. The van der Waals surface area contributed by atoms with Gasteiger partial charge in [0.25, 0.3) is 0 Å². The quantitative estimate of drug-likeness (QED) is 0.119. The van der Waals surface area contributed by atoms with Gasteiger partial charge in [-0.3, -0.25) is 24.1 Å². The van der Waals surface area contributed by atoms with Gasteiger partial charge in [-0.15, -0.1) is 0 Å². The van der Waals surface area contributed by atoms with Crippen LogP contribution in [0.4, 0.5) is 5.69 Å². The van der Waals surface area contributed by atoms with Crippen LogP contribution in [0.1, 0.15) is 98.3 Å². The van der Waals surface area contributed by atoms with Crippen LogP contribution in [-0.2, 0) is 35.2 Å². The zero-order valence-corrected chi connectivity index (χ0v) is 37.7. The molecule has 13 heteroatoms. The van der Waals surface area contributed by atoms with Crippen LogP contribution >= 0.6 is 0 Å². The number of ether oxygens (including phenoxy) is 2. The van der Waals surface area contributed by atoms with Gasteiger partial charge in [-0.1, -0.05) is 97.4 Å². The molecule has 13 nitrogen and oxygen atoms in total. The van der Waals surface area contributed by atoms with Crippen molar-refractivity contribution in [3.63, 3.8) is 0 Å². The summed E-state index contributed by atoms with van der Waals surface area (Å²) in [4.78, 5) is 61.8. The Bertz CT molecular complexity index is 1640. The lowest BCUT2D eigenvalue weighted by molar-refractivity contribution is -0.148. The van der Waals surface area contributed by atoms with Crippen LogP contribution in [0.5, 0.6) is 0 Å². The number of amides is 4. The van der Waals surface area contributed by atoms with Crippen molar-refractivity contribution in [3.05, 3.63) is 65.7 Å². The molecule has 0 bridgehead atoms. The Morgan fingerprint density at radius 3 is 2.12 bits per heavy atom. The lowest BCUT2D eigenvalue weighted by Gasteiger charge is -2.41. The second kappa shape index (κ2) is 23.1. The standard InChI is InChI=1S/C46H74N6O7/c1-13-30(6)41(51(10)46(57)39(28(2)3)49-45(56)40(29(4)5)50(9)27-33-19-17-22-35(47)25-33)37(58-11)26-38(53)52-24-18-23-36(52)43(59-12)31(7)44(55)48-32(8)42(54)34-20-15-14-16-21-34/h14-17,19-22,25,28-32,36-37,39-43,54H,13,18,23-24,26-27,47H2,1-12H3,(H,48,55)(H,49,56)/t30-,31+,32+,36-,37+,39-,40?,41?,42+,43+/m0/s1. The number of hydrogen-bond acceptors (Lipinski definition) is 9. The molecular weight excluding hydrogens is 749 g/mol. The van der Waals surface area contributed by atoms with Gasteiger partial charge in [0.2, 0.25) is 23.6 Å².